The molecule has 0 radical (unpaired) electrons. The highest BCUT2D eigenvalue weighted by molar-refractivity contribution is 6.87. The van der Waals surface area contributed by atoms with Crippen LogP contribution in [0.5, 0.6) is 0 Å². The Balaban J connectivity index is 1.51. The highest BCUT2D eigenvalue weighted by atomic mass is 28.3. The van der Waals surface area contributed by atoms with Gasteiger partial charge in [0.2, 0.25) is 0 Å². The molecule has 0 bridgehead atoms. The third kappa shape index (κ3) is 6.05. The van der Waals surface area contributed by atoms with Gasteiger partial charge in [0.1, 0.15) is 8.24 Å². The fraction of sp³-hybridized carbons (Fsp3) is 0.724. The maximum Gasteiger partial charge on any atom is 0.388 e. The van der Waals surface area contributed by atoms with E-state index in [1.54, 1.807) is 0 Å². The summed E-state index contributed by atoms with van der Waals surface area (Å²) in [6.07, 6.45) is 19.7. The average Bonchev–Trinajstić information content (AvgIpc) is 2.76. The lowest BCUT2D eigenvalue weighted by Crippen LogP contribution is -2.82. The Hall–Kier alpha value is -0.838. The minimum absolute atomic E-state index is 0.176. The maximum atomic E-state index is 6.76. The third-order valence-corrected chi connectivity index (χ3v) is 14.2. The number of rotatable bonds is 15. The minimum atomic E-state index is -1.65. The summed E-state index contributed by atoms with van der Waals surface area (Å²) in [5, 5.41) is 0.503. The van der Waals surface area contributed by atoms with Crippen molar-refractivity contribution in [2.24, 2.45) is 0 Å². The van der Waals surface area contributed by atoms with Gasteiger partial charge in [-0.25, -0.2) is 0 Å². The molecule has 0 amide bonds. The van der Waals surface area contributed by atoms with E-state index >= 15 is 0 Å². The molecule has 1 aromatic carbocycles. The highest BCUT2D eigenvalue weighted by Gasteiger charge is 2.70. The van der Waals surface area contributed by atoms with Crippen LogP contribution in [0.25, 0.3) is 0 Å². The second kappa shape index (κ2) is 11.7. The average molecular weight is 468 g/mol. The van der Waals surface area contributed by atoms with Gasteiger partial charge in [-0.2, -0.15) is 0 Å². The number of unbranched alkanes of at least 4 members (excludes halogenated alkanes) is 9. The lowest BCUT2D eigenvalue weighted by molar-refractivity contribution is 0.165. The van der Waals surface area contributed by atoms with Gasteiger partial charge in [-0.15, -0.1) is 0 Å². The predicted octanol–water partition coefficient (Wildman–Crippen LogP) is 8.65. The molecule has 4 heteroatoms. The molecule has 2 aliphatic rings. The van der Waals surface area contributed by atoms with Gasteiger partial charge in [-0.3, -0.25) is 0 Å². The second-order valence-electron chi connectivity index (χ2n) is 12.2. The van der Waals surface area contributed by atoms with E-state index < -0.39 is 8.24 Å². The van der Waals surface area contributed by atoms with Crippen molar-refractivity contribution in [2.75, 3.05) is 6.61 Å². The summed E-state index contributed by atoms with van der Waals surface area (Å²) in [5.74, 6) is 0. The molecule has 2 atom stereocenters. The van der Waals surface area contributed by atoms with E-state index in [4.69, 9.17) is 4.65 Å². The largest absolute Gasteiger partial charge is 0.421 e. The molecule has 1 aliphatic carbocycles. The van der Waals surface area contributed by atoms with Crippen LogP contribution in [0.3, 0.4) is 0 Å². The van der Waals surface area contributed by atoms with Gasteiger partial charge < -0.3 is 9.13 Å². The summed E-state index contributed by atoms with van der Waals surface area (Å²) >= 11 is 0. The Morgan fingerprint density at radius 3 is 2.00 bits per heavy atom. The molecule has 2 nitrogen and oxygen atoms in total. The van der Waals surface area contributed by atoms with Crippen molar-refractivity contribution < 1.29 is 4.65 Å². The van der Waals surface area contributed by atoms with Crippen LogP contribution in [-0.2, 0) is 11.1 Å². The van der Waals surface area contributed by atoms with Crippen molar-refractivity contribution in [1.82, 2.24) is 4.48 Å². The predicted molar refractivity (Wildman–Crippen MR) is 148 cm³/mol. The second-order valence-corrected chi connectivity index (χ2v) is 17.3. The van der Waals surface area contributed by atoms with Gasteiger partial charge >= 0.3 is 7.05 Å². The first-order valence-corrected chi connectivity index (χ1v) is 16.8. The van der Waals surface area contributed by atoms with E-state index in [0.29, 0.717) is 11.1 Å². The summed E-state index contributed by atoms with van der Waals surface area (Å²) in [6, 6.07) is 11.6. The standard InChI is InChI=1S/C29H50BNOSi/c1-7-8-9-10-11-12-13-14-15-19-24-32-30-29(25-26-20-17-16-18-21-26)23-22-27(29)31(30)33(5,6)28(2,3)4/h16-18,20-23,27H,7-15,19,24-25H2,1-6H3/t27-,29-/m1/s1. The summed E-state index contributed by atoms with van der Waals surface area (Å²) < 4.78 is 9.57. The van der Waals surface area contributed by atoms with Crippen LogP contribution in [-0.4, -0.2) is 32.4 Å². The van der Waals surface area contributed by atoms with Gasteiger partial charge in [0, 0.05) is 18.0 Å². The normalized spacial score (nSPS) is 22.7. The first kappa shape index (κ1) is 26.8. The molecule has 0 N–H and O–H groups in total. The quantitative estimate of drug-likeness (QED) is 0.145. The van der Waals surface area contributed by atoms with Crippen LogP contribution in [0.2, 0.25) is 23.4 Å². The van der Waals surface area contributed by atoms with Gasteiger partial charge in [0.05, 0.1) is 0 Å². The highest BCUT2D eigenvalue weighted by Crippen LogP contribution is 2.62. The summed E-state index contributed by atoms with van der Waals surface area (Å²) in [6.45, 7) is 15.6. The Morgan fingerprint density at radius 2 is 1.48 bits per heavy atom. The zero-order valence-electron chi connectivity index (χ0n) is 22.5. The molecular formula is C29H50BNOSi. The summed E-state index contributed by atoms with van der Waals surface area (Å²) in [4.78, 5) is 0. The molecule has 1 aromatic rings. The molecule has 0 unspecified atom stereocenters. The van der Waals surface area contributed by atoms with Crippen molar-refractivity contribution in [3.05, 3.63) is 48.0 Å². The number of benzene rings is 1. The van der Waals surface area contributed by atoms with Crippen LogP contribution in [0.4, 0.5) is 0 Å². The van der Waals surface area contributed by atoms with E-state index in [1.165, 1.54) is 69.8 Å². The molecule has 33 heavy (non-hydrogen) atoms. The topological polar surface area (TPSA) is 12.5 Å². The van der Waals surface area contributed by atoms with Gasteiger partial charge in [0.25, 0.3) is 0 Å². The lowest BCUT2D eigenvalue weighted by Gasteiger charge is -2.69. The first-order valence-electron chi connectivity index (χ1n) is 13.9. The SMILES string of the molecule is CCCCCCCCCCCCOB1N([Si](C)(C)C(C)(C)C)[C@@H]2C=C[C@]12Cc1ccccc1. The van der Waals surface area contributed by atoms with Gasteiger partial charge in [0.15, 0.2) is 0 Å². The fourth-order valence-electron chi connectivity index (χ4n) is 5.58. The third-order valence-electron chi connectivity index (χ3n) is 8.76. The van der Waals surface area contributed by atoms with Crippen LogP contribution in [0, 0.1) is 0 Å². The Morgan fingerprint density at radius 1 is 0.909 bits per heavy atom. The summed E-state index contributed by atoms with van der Waals surface area (Å²) in [7, 11) is -1.40. The number of fused-ring (bicyclic) bond motifs is 1. The number of nitrogens with zero attached hydrogens (tertiary/aromatic N) is 1. The van der Waals surface area contributed by atoms with Crippen molar-refractivity contribution in [2.45, 2.75) is 128 Å². The van der Waals surface area contributed by atoms with Gasteiger partial charge in [-0.05, 0) is 23.4 Å². The number of hydrogen-bond donors (Lipinski definition) is 0. The Bertz CT molecular complexity index is 744. The molecule has 1 aliphatic heterocycles. The maximum absolute atomic E-state index is 6.76. The molecule has 3 rings (SSSR count). The van der Waals surface area contributed by atoms with E-state index in [2.05, 4.69) is 87.7 Å². The minimum Gasteiger partial charge on any atom is -0.421 e. The zero-order chi connectivity index (χ0) is 24.0. The van der Waals surface area contributed by atoms with Crippen molar-refractivity contribution in [1.29, 1.82) is 0 Å². The molecule has 1 heterocycles. The fourth-order valence-corrected chi connectivity index (χ4v) is 8.28. The molecular weight excluding hydrogens is 417 g/mol. The van der Waals surface area contributed by atoms with Crippen LogP contribution >= 0.6 is 0 Å². The lowest BCUT2D eigenvalue weighted by atomic mass is 9.36. The smallest absolute Gasteiger partial charge is 0.388 e. The molecule has 0 saturated carbocycles. The molecule has 1 saturated heterocycles. The van der Waals surface area contributed by atoms with Crippen LogP contribution in [0.1, 0.15) is 97.5 Å². The van der Waals surface area contributed by atoms with E-state index in [0.717, 1.165) is 13.0 Å². The van der Waals surface area contributed by atoms with Crippen LogP contribution in [0.15, 0.2) is 42.5 Å². The van der Waals surface area contributed by atoms with Gasteiger partial charge in [-0.1, -0.05) is 141 Å². The number of hydrogen-bond acceptors (Lipinski definition) is 2. The van der Waals surface area contributed by atoms with Crippen molar-refractivity contribution >= 4 is 15.3 Å². The van der Waals surface area contributed by atoms with E-state index in [9.17, 15) is 0 Å². The van der Waals surface area contributed by atoms with E-state index in [1.807, 2.05) is 0 Å². The van der Waals surface area contributed by atoms with Crippen molar-refractivity contribution in [3.8, 4) is 0 Å². The molecule has 0 aromatic heterocycles. The van der Waals surface area contributed by atoms with E-state index in [-0.39, 0.29) is 12.4 Å². The summed E-state index contributed by atoms with van der Waals surface area (Å²) in [5.41, 5.74) is 1.44. The zero-order valence-corrected chi connectivity index (χ0v) is 23.5. The molecule has 1 fully saturated rings. The monoisotopic (exact) mass is 467 g/mol. The van der Waals surface area contributed by atoms with Crippen molar-refractivity contribution in [3.63, 3.8) is 0 Å². The Kier molecular flexibility index (Phi) is 9.51. The Labute approximate surface area is 206 Å². The molecule has 184 valence electrons. The molecule has 0 spiro atoms. The first-order chi connectivity index (χ1) is 15.7. The van der Waals surface area contributed by atoms with Crippen LogP contribution < -0.4 is 0 Å².